The highest BCUT2D eigenvalue weighted by Crippen LogP contribution is 2.33. The molecule has 4 aromatic rings. The summed E-state index contributed by atoms with van der Waals surface area (Å²) < 4.78 is 11.7. The van der Waals surface area contributed by atoms with Crippen LogP contribution in [0.1, 0.15) is 32.9 Å². The fraction of sp³-hybridized carbons (Fsp3) is 0.182. The van der Waals surface area contributed by atoms with E-state index in [0.717, 1.165) is 16.8 Å². The average Bonchev–Trinajstić information content (AvgIpc) is 3.37. The third-order valence-corrected chi connectivity index (χ3v) is 7.40. The van der Waals surface area contributed by atoms with E-state index in [1.165, 1.54) is 23.1 Å². The number of amides is 1. The summed E-state index contributed by atoms with van der Waals surface area (Å²) in [4.78, 5) is 12.7. The summed E-state index contributed by atoms with van der Waals surface area (Å²) >= 11 is 15.1. The van der Waals surface area contributed by atoms with Gasteiger partial charge in [0.1, 0.15) is 18.1 Å². The van der Waals surface area contributed by atoms with Crippen molar-refractivity contribution in [2.75, 3.05) is 5.32 Å². The van der Waals surface area contributed by atoms with Crippen LogP contribution in [0.2, 0.25) is 10.0 Å². The minimum atomic E-state index is -0.306. The number of carbonyl (C=O) groups is 1. The van der Waals surface area contributed by atoms with Gasteiger partial charge in [0.15, 0.2) is 4.34 Å². The first-order chi connectivity index (χ1) is 15.9. The van der Waals surface area contributed by atoms with Crippen LogP contribution in [0.15, 0.2) is 51.3 Å². The van der Waals surface area contributed by atoms with Gasteiger partial charge in [0, 0.05) is 21.4 Å². The monoisotopic (exact) mass is 520 g/mol. The number of thioether (sulfide) groups is 1. The van der Waals surface area contributed by atoms with Gasteiger partial charge in [-0.3, -0.25) is 10.1 Å². The molecule has 2 aromatic carbocycles. The van der Waals surface area contributed by atoms with Gasteiger partial charge in [-0.1, -0.05) is 63.6 Å². The Labute approximate surface area is 208 Å². The molecule has 0 bridgehead atoms. The highest BCUT2D eigenvalue weighted by Gasteiger charge is 2.14. The number of aryl methyl sites for hydroxylation is 2. The molecule has 0 atom stereocenters. The molecule has 0 fully saturated rings. The second-order valence-electron chi connectivity index (χ2n) is 6.94. The lowest BCUT2D eigenvalue weighted by atomic mass is 10.2. The maximum Gasteiger partial charge on any atom is 0.257 e. The van der Waals surface area contributed by atoms with Crippen molar-refractivity contribution in [3.63, 3.8) is 0 Å². The normalized spacial score (nSPS) is 10.9. The molecular weight excluding hydrogens is 503 g/mol. The number of nitrogens with one attached hydrogen (secondary N) is 1. The number of carbonyl (C=O) groups excluding carboxylic acids is 1. The van der Waals surface area contributed by atoms with Crippen molar-refractivity contribution in [3.05, 3.63) is 80.7 Å². The number of aromatic nitrogens is 3. The van der Waals surface area contributed by atoms with Gasteiger partial charge in [-0.15, -0.1) is 10.2 Å². The van der Waals surface area contributed by atoms with E-state index in [1.807, 2.05) is 13.8 Å². The Morgan fingerprint density at radius 3 is 2.61 bits per heavy atom. The molecule has 0 saturated heterocycles. The number of halogens is 2. The number of anilines is 1. The largest absolute Gasteiger partial charge is 0.489 e. The summed E-state index contributed by atoms with van der Waals surface area (Å²) in [5.41, 5.74) is 2.95. The second-order valence-corrected chi connectivity index (χ2v) is 9.95. The summed E-state index contributed by atoms with van der Waals surface area (Å²) in [5.74, 6) is 1.52. The van der Waals surface area contributed by atoms with E-state index in [-0.39, 0.29) is 5.91 Å². The van der Waals surface area contributed by atoms with Crippen molar-refractivity contribution < 1.29 is 14.1 Å². The van der Waals surface area contributed by atoms with Crippen molar-refractivity contribution >= 4 is 57.3 Å². The molecule has 0 aliphatic rings. The minimum Gasteiger partial charge on any atom is -0.489 e. The second kappa shape index (κ2) is 10.6. The fourth-order valence-corrected chi connectivity index (χ4v) is 5.37. The molecule has 0 radical (unpaired) electrons. The zero-order chi connectivity index (χ0) is 23.4. The number of benzene rings is 2. The van der Waals surface area contributed by atoms with Crippen LogP contribution >= 0.6 is 46.3 Å². The number of hydrogen-bond donors (Lipinski definition) is 1. The van der Waals surface area contributed by atoms with Crippen LogP contribution < -0.4 is 10.1 Å². The minimum absolute atomic E-state index is 0.304. The van der Waals surface area contributed by atoms with Gasteiger partial charge in [0.05, 0.1) is 11.3 Å². The molecule has 0 aliphatic heterocycles. The standard InChI is InChI=1S/C22H18Cl2N4O3S2/c1-12-16(13(2)31-28-12)10-30-15-6-3-5-14(9-15)20(29)25-21-26-27-22(33-21)32-11-17-18(23)7-4-8-19(17)24/h3-9H,10-11H2,1-2H3,(H,25,26,29). The molecule has 0 aliphatic carbocycles. The Balaban J connectivity index is 1.36. The van der Waals surface area contributed by atoms with E-state index in [1.54, 1.807) is 42.5 Å². The molecule has 170 valence electrons. The number of nitrogens with zero attached hydrogens (tertiary/aromatic N) is 3. The smallest absolute Gasteiger partial charge is 0.257 e. The van der Waals surface area contributed by atoms with Gasteiger partial charge >= 0.3 is 0 Å². The van der Waals surface area contributed by atoms with E-state index < -0.39 is 0 Å². The Kier molecular flexibility index (Phi) is 7.54. The highest BCUT2D eigenvalue weighted by atomic mass is 35.5. The van der Waals surface area contributed by atoms with E-state index in [0.29, 0.717) is 48.9 Å². The molecule has 0 spiro atoms. The lowest BCUT2D eigenvalue weighted by Gasteiger charge is -2.07. The van der Waals surface area contributed by atoms with E-state index >= 15 is 0 Å². The van der Waals surface area contributed by atoms with Gasteiger partial charge in [0.2, 0.25) is 5.13 Å². The summed E-state index contributed by atoms with van der Waals surface area (Å²) in [5, 5.41) is 16.5. The van der Waals surface area contributed by atoms with Crippen molar-refractivity contribution in [1.29, 1.82) is 0 Å². The topological polar surface area (TPSA) is 90.1 Å². The zero-order valence-corrected chi connectivity index (χ0v) is 20.7. The van der Waals surface area contributed by atoms with Crippen LogP contribution in [0.5, 0.6) is 5.75 Å². The number of rotatable bonds is 8. The first kappa shape index (κ1) is 23.6. The molecule has 1 amide bonds. The molecule has 0 saturated carbocycles. The zero-order valence-electron chi connectivity index (χ0n) is 17.6. The Bertz CT molecular complexity index is 1250. The molecule has 2 heterocycles. The van der Waals surface area contributed by atoms with Gasteiger partial charge in [0.25, 0.3) is 5.91 Å². The van der Waals surface area contributed by atoms with E-state index in [9.17, 15) is 4.79 Å². The summed E-state index contributed by atoms with van der Waals surface area (Å²) in [6, 6.07) is 12.3. The quantitative estimate of drug-likeness (QED) is 0.207. The van der Waals surface area contributed by atoms with E-state index in [2.05, 4.69) is 20.7 Å². The van der Waals surface area contributed by atoms with Crippen molar-refractivity contribution in [3.8, 4) is 5.75 Å². The molecule has 7 nitrogen and oxygen atoms in total. The fourth-order valence-electron chi connectivity index (χ4n) is 2.88. The van der Waals surface area contributed by atoms with Crippen LogP contribution in [0.25, 0.3) is 0 Å². The van der Waals surface area contributed by atoms with Crippen LogP contribution in [0, 0.1) is 13.8 Å². The van der Waals surface area contributed by atoms with Gasteiger partial charge in [-0.05, 0) is 49.7 Å². The molecule has 0 unspecified atom stereocenters. The summed E-state index contributed by atoms with van der Waals surface area (Å²) in [6.07, 6.45) is 0. The third kappa shape index (κ3) is 5.86. The summed E-state index contributed by atoms with van der Waals surface area (Å²) in [7, 11) is 0. The molecule has 11 heteroatoms. The Morgan fingerprint density at radius 1 is 1.12 bits per heavy atom. The average molecular weight is 521 g/mol. The molecule has 2 aromatic heterocycles. The predicted octanol–water partition coefficient (Wildman–Crippen LogP) is 6.57. The van der Waals surface area contributed by atoms with Crippen LogP contribution in [0.4, 0.5) is 5.13 Å². The molecule has 1 N–H and O–H groups in total. The van der Waals surface area contributed by atoms with Gasteiger partial charge in [-0.25, -0.2) is 0 Å². The first-order valence-electron chi connectivity index (χ1n) is 9.76. The maximum absolute atomic E-state index is 12.7. The summed E-state index contributed by atoms with van der Waals surface area (Å²) in [6.45, 7) is 4.00. The molecular formula is C22H18Cl2N4O3S2. The number of hydrogen-bond acceptors (Lipinski definition) is 8. The van der Waals surface area contributed by atoms with Crippen molar-refractivity contribution in [1.82, 2.24) is 15.4 Å². The van der Waals surface area contributed by atoms with Crippen molar-refractivity contribution in [2.45, 2.75) is 30.5 Å². The van der Waals surface area contributed by atoms with E-state index in [4.69, 9.17) is 32.5 Å². The SMILES string of the molecule is Cc1noc(C)c1COc1cccc(C(=O)Nc2nnc(SCc3c(Cl)cccc3Cl)s2)c1. The molecule has 33 heavy (non-hydrogen) atoms. The third-order valence-electron chi connectivity index (χ3n) is 4.69. The van der Waals surface area contributed by atoms with Crippen LogP contribution in [-0.4, -0.2) is 21.3 Å². The maximum atomic E-state index is 12.7. The van der Waals surface area contributed by atoms with Gasteiger partial charge < -0.3 is 9.26 Å². The lowest BCUT2D eigenvalue weighted by molar-refractivity contribution is 0.102. The van der Waals surface area contributed by atoms with Crippen LogP contribution in [0.3, 0.4) is 0 Å². The van der Waals surface area contributed by atoms with Crippen LogP contribution in [-0.2, 0) is 12.4 Å². The molecule has 4 rings (SSSR count). The predicted molar refractivity (Wildman–Crippen MR) is 131 cm³/mol. The first-order valence-corrected chi connectivity index (χ1v) is 12.3. The Morgan fingerprint density at radius 2 is 1.88 bits per heavy atom. The van der Waals surface area contributed by atoms with Crippen molar-refractivity contribution in [2.24, 2.45) is 0 Å². The Hall–Kier alpha value is -2.59. The number of ether oxygens (including phenoxy) is 1. The van der Waals surface area contributed by atoms with Gasteiger partial charge in [-0.2, -0.15) is 0 Å². The highest BCUT2D eigenvalue weighted by molar-refractivity contribution is 8.00. The lowest BCUT2D eigenvalue weighted by Crippen LogP contribution is -2.11.